The van der Waals surface area contributed by atoms with Gasteiger partial charge in [-0.1, -0.05) is 42.0 Å². The van der Waals surface area contributed by atoms with Gasteiger partial charge in [-0.25, -0.2) is 5.01 Å². The Hall–Kier alpha value is -2.37. The van der Waals surface area contributed by atoms with Crippen LogP contribution in [-0.2, 0) is 0 Å². The van der Waals surface area contributed by atoms with Gasteiger partial charge in [0.1, 0.15) is 5.84 Å². The van der Waals surface area contributed by atoms with Gasteiger partial charge in [0.05, 0.1) is 16.6 Å². The van der Waals surface area contributed by atoms with Gasteiger partial charge in [0, 0.05) is 16.9 Å². The van der Waals surface area contributed by atoms with Gasteiger partial charge in [0.15, 0.2) is 0 Å². The maximum atomic E-state index is 6.09. The number of nitrogens with two attached hydrogens (primary N) is 1. The molecule has 0 saturated heterocycles. The van der Waals surface area contributed by atoms with E-state index in [0.717, 1.165) is 11.4 Å². The molecule has 116 valence electrons. The Kier molecular flexibility index (Phi) is 4.60. The van der Waals surface area contributed by atoms with Crippen molar-refractivity contribution in [3.63, 3.8) is 0 Å². The summed E-state index contributed by atoms with van der Waals surface area (Å²) in [5, 5.41) is 9.98. The van der Waals surface area contributed by atoms with Crippen LogP contribution in [0.15, 0.2) is 72.0 Å². The Labute approximate surface area is 145 Å². The van der Waals surface area contributed by atoms with Crippen molar-refractivity contribution in [1.29, 1.82) is 0 Å². The molecule has 1 unspecified atom stereocenters. The predicted octanol–water partition coefficient (Wildman–Crippen LogP) is 4.00. The van der Waals surface area contributed by atoms with E-state index in [1.807, 2.05) is 54.7 Å². The molecule has 0 radical (unpaired) electrons. The highest BCUT2D eigenvalue weighted by molar-refractivity contribution is 7.80. The largest absolute Gasteiger partial charge is 0.385 e. The lowest BCUT2D eigenvalue weighted by Crippen LogP contribution is -2.36. The van der Waals surface area contributed by atoms with E-state index in [4.69, 9.17) is 29.6 Å². The van der Waals surface area contributed by atoms with Gasteiger partial charge in [0.25, 0.3) is 0 Å². The van der Waals surface area contributed by atoms with Crippen LogP contribution >= 0.6 is 23.8 Å². The number of nitrogens with one attached hydrogen (secondary N) is 1. The summed E-state index contributed by atoms with van der Waals surface area (Å²) in [6.07, 6.45) is 3.80. The fourth-order valence-electron chi connectivity index (χ4n) is 2.19. The number of nitrogens with zero attached hydrogens (tertiary/aromatic N) is 2. The molecule has 1 aliphatic heterocycles. The van der Waals surface area contributed by atoms with Crippen molar-refractivity contribution in [1.82, 2.24) is 0 Å². The first kappa shape index (κ1) is 15.5. The number of para-hydroxylation sites is 1. The molecular formula is C17H15ClN4S. The third-order valence-corrected chi connectivity index (χ3v) is 3.98. The molecule has 3 rings (SSSR count). The molecule has 4 nitrogen and oxygen atoms in total. The summed E-state index contributed by atoms with van der Waals surface area (Å²) in [6.45, 7) is 0. The number of thiocarbonyl (C=S) groups is 1. The van der Waals surface area contributed by atoms with Gasteiger partial charge < -0.3 is 11.1 Å². The molecule has 1 atom stereocenters. The summed E-state index contributed by atoms with van der Waals surface area (Å²) in [6, 6.07) is 17.1. The van der Waals surface area contributed by atoms with Crippen LogP contribution < -0.4 is 16.1 Å². The van der Waals surface area contributed by atoms with E-state index >= 15 is 0 Å². The SMILES string of the molecule is NC1=NN(c2ccccc2)C=CC1C(=S)Nc1ccc(Cl)cc1. The number of benzene rings is 2. The van der Waals surface area contributed by atoms with Crippen molar-refractivity contribution in [3.05, 3.63) is 71.9 Å². The third kappa shape index (κ3) is 3.70. The molecule has 0 saturated carbocycles. The molecule has 6 heteroatoms. The van der Waals surface area contributed by atoms with E-state index in [-0.39, 0.29) is 5.92 Å². The maximum Gasteiger partial charge on any atom is 0.134 e. The average Bonchev–Trinajstić information content (AvgIpc) is 2.57. The summed E-state index contributed by atoms with van der Waals surface area (Å²) < 4.78 is 0. The third-order valence-electron chi connectivity index (χ3n) is 3.38. The Morgan fingerprint density at radius 1 is 1.13 bits per heavy atom. The van der Waals surface area contributed by atoms with Crippen LogP contribution in [-0.4, -0.2) is 10.8 Å². The van der Waals surface area contributed by atoms with E-state index < -0.39 is 0 Å². The first-order valence-corrected chi connectivity index (χ1v) is 7.85. The van der Waals surface area contributed by atoms with Crippen molar-refractivity contribution in [2.45, 2.75) is 0 Å². The molecule has 0 spiro atoms. The molecular weight excluding hydrogens is 328 g/mol. The summed E-state index contributed by atoms with van der Waals surface area (Å²) in [4.78, 5) is 0.595. The number of rotatable bonds is 3. The van der Waals surface area contributed by atoms with E-state index in [0.29, 0.717) is 15.8 Å². The summed E-state index contributed by atoms with van der Waals surface area (Å²) in [7, 11) is 0. The second-order valence-electron chi connectivity index (χ2n) is 5.02. The van der Waals surface area contributed by atoms with Crippen LogP contribution in [0.4, 0.5) is 11.4 Å². The second-order valence-corrected chi connectivity index (χ2v) is 5.90. The van der Waals surface area contributed by atoms with Crippen molar-refractivity contribution in [2.75, 3.05) is 10.3 Å². The fraction of sp³-hybridized carbons (Fsp3) is 0.0588. The zero-order valence-electron chi connectivity index (χ0n) is 12.2. The minimum Gasteiger partial charge on any atom is -0.385 e. The Morgan fingerprint density at radius 2 is 1.83 bits per heavy atom. The Morgan fingerprint density at radius 3 is 2.48 bits per heavy atom. The molecule has 2 aromatic carbocycles. The number of halogens is 1. The van der Waals surface area contributed by atoms with Gasteiger partial charge in [-0.3, -0.25) is 0 Å². The molecule has 0 fully saturated rings. The summed E-state index contributed by atoms with van der Waals surface area (Å²) in [5.41, 5.74) is 7.91. The summed E-state index contributed by atoms with van der Waals surface area (Å²) >= 11 is 11.3. The number of anilines is 2. The van der Waals surface area contributed by atoms with Gasteiger partial charge in [-0.2, -0.15) is 5.10 Å². The van der Waals surface area contributed by atoms with Crippen molar-refractivity contribution < 1.29 is 0 Å². The van der Waals surface area contributed by atoms with Crippen LogP contribution in [0.1, 0.15) is 0 Å². The molecule has 2 aromatic rings. The molecule has 1 heterocycles. The minimum atomic E-state index is -0.236. The molecule has 0 aliphatic carbocycles. The van der Waals surface area contributed by atoms with Gasteiger partial charge in [-0.05, 0) is 42.5 Å². The van der Waals surface area contributed by atoms with Crippen molar-refractivity contribution in [2.24, 2.45) is 16.8 Å². The lowest BCUT2D eigenvalue weighted by atomic mass is 10.1. The highest BCUT2D eigenvalue weighted by atomic mass is 35.5. The maximum absolute atomic E-state index is 6.09. The number of hydrogen-bond acceptors (Lipinski definition) is 4. The van der Waals surface area contributed by atoms with Crippen molar-refractivity contribution >= 4 is 46.0 Å². The molecule has 0 amide bonds. The smallest absolute Gasteiger partial charge is 0.134 e. The average molecular weight is 343 g/mol. The molecule has 3 N–H and O–H groups in total. The highest BCUT2D eigenvalue weighted by Crippen LogP contribution is 2.21. The van der Waals surface area contributed by atoms with E-state index in [1.165, 1.54) is 0 Å². The minimum absolute atomic E-state index is 0.236. The zero-order valence-corrected chi connectivity index (χ0v) is 13.8. The predicted molar refractivity (Wildman–Crippen MR) is 101 cm³/mol. The van der Waals surface area contributed by atoms with Crippen LogP contribution in [0.3, 0.4) is 0 Å². The summed E-state index contributed by atoms with van der Waals surface area (Å²) in [5.74, 6) is 0.212. The molecule has 0 aromatic heterocycles. The molecule has 0 bridgehead atoms. The Balaban J connectivity index is 1.71. The quantitative estimate of drug-likeness (QED) is 0.828. The number of hydrazone groups is 1. The number of amidine groups is 1. The number of hydrogen-bond donors (Lipinski definition) is 2. The van der Waals surface area contributed by atoms with Gasteiger partial charge in [-0.15, -0.1) is 0 Å². The van der Waals surface area contributed by atoms with E-state index in [9.17, 15) is 0 Å². The highest BCUT2D eigenvalue weighted by Gasteiger charge is 2.21. The van der Waals surface area contributed by atoms with Gasteiger partial charge >= 0.3 is 0 Å². The lowest BCUT2D eigenvalue weighted by molar-refractivity contribution is 0.983. The van der Waals surface area contributed by atoms with E-state index in [2.05, 4.69) is 10.4 Å². The Bertz CT molecular complexity index is 756. The molecule has 1 aliphatic rings. The van der Waals surface area contributed by atoms with Crippen LogP contribution in [0.2, 0.25) is 5.02 Å². The van der Waals surface area contributed by atoms with Crippen LogP contribution in [0, 0.1) is 5.92 Å². The topological polar surface area (TPSA) is 53.6 Å². The van der Waals surface area contributed by atoms with Crippen LogP contribution in [0.25, 0.3) is 0 Å². The fourth-order valence-corrected chi connectivity index (χ4v) is 2.63. The first-order valence-electron chi connectivity index (χ1n) is 7.06. The monoisotopic (exact) mass is 342 g/mol. The van der Waals surface area contributed by atoms with Gasteiger partial charge in [0.2, 0.25) is 0 Å². The van der Waals surface area contributed by atoms with Crippen molar-refractivity contribution in [3.8, 4) is 0 Å². The normalized spacial score (nSPS) is 16.8. The first-order chi connectivity index (χ1) is 11.1. The lowest BCUT2D eigenvalue weighted by Gasteiger charge is -2.24. The van der Waals surface area contributed by atoms with E-state index in [1.54, 1.807) is 17.1 Å². The standard InChI is InChI=1S/C17H15ClN4S/c18-12-6-8-13(9-7-12)20-17(23)15-10-11-22(21-16(15)19)14-4-2-1-3-5-14/h1-11,15H,(H2,19,21)(H,20,23). The van der Waals surface area contributed by atoms with Crippen LogP contribution in [0.5, 0.6) is 0 Å². The molecule has 23 heavy (non-hydrogen) atoms. The zero-order chi connectivity index (χ0) is 16.2. The second kappa shape index (κ2) is 6.81.